The highest BCUT2D eigenvalue weighted by molar-refractivity contribution is 7.10. The van der Waals surface area contributed by atoms with Gasteiger partial charge in [-0.25, -0.2) is 0 Å². The average molecular weight is 241 g/mol. The Kier molecular flexibility index (Phi) is 4.50. The molecule has 3 nitrogen and oxygen atoms in total. The molecule has 16 heavy (non-hydrogen) atoms. The van der Waals surface area contributed by atoms with Crippen molar-refractivity contribution in [2.24, 2.45) is 0 Å². The van der Waals surface area contributed by atoms with E-state index in [0.29, 0.717) is 0 Å². The van der Waals surface area contributed by atoms with Gasteiger partial charge in [-0.05, 0) is 39.1 Å². The van der Waals surface area contributed by atoms with E-state index in [9.17, 15) is 4.79 Å². The first-order valence-electron chi connectivity index (χ1n) is 5.35. The molecule has 1 rings (SSSR count). The Labute approximate surface area is 101 Å². The van der Waals surface area contributed by atoms with Gasteiger partial charge < -0.3 is 10.1 Å². The second-order valence-electron chi connectivity index (χ2n) is 4.71. The van der Waals surface area contributed by atoms with E-state index in [2.05, 4.69) is 5.32 Å². The molecule has 1 atom stereocenters. The van der Waals surface area contributed by atoms with Gasteiger partial charge in [-0.15, -0.1) is 11.3 Å². The fourth-order valence-corrected chi connectivity index (χ4v) is 1.91. The first-order chi connectivity index (χ1) is 7.38. The van der Waals surface area contributed by atoms with E-state index in [1.807, 2.05) is 45.2 Å². The zero-order chi connectivity index (χ0) is 12.2. The van der Waals surface area contributed by atoms with Crippen LogP contribution in [0.4, 0.5) is 0 Å². The number of carbonyl (C=O) groups is 1. The molecule has 0 spiro atoms. The topological polar surface area (TPSA) is 38.3 Å². The molecule has 0 saturated heterocycles. The summed E-state index contributed by atoms with van der Waals surface area (Å²) in [4.78, 5) is 12.7. The van der Waals surface area contributed by atoms with Crippen molar-refractivity contribution in [1.29, 1.82) is 0 Å². The molecule has 0 bridgehead atoms. The van der Waals surface area contributed by atoms with Gasteiger partial charge in [0.1, 0.15) is 6.61 Å². The number of hydrogen-bond donors (Lipinski definition) is 1. The Morgan fingerprint density at radius 3 is 2.75 bits per heavy atom. The lowest BCUT2D eigenvalue weighted by molar-refractivity contribution is -0.131. The van der Waals surface area contributed by atoms with E-state index in [4.69, 9.17) is 4.74 Å². The highest BCUT2D eigenvalue weighted by atomic mass is 32.1. The van der Waals surface area contributed by atoms with Crippen molar-refractivity contribution < 1.29 is 9.53 Å². The largest absolute Gasteiger partial charge is 0.366 e. The van der Waals surface area contributed by atoms with Crippen molar-refractivity contribution >= 4 is 17.2 Å². The normalized spacial score (nSPS) is 13.5. The third-order valence-corrected chi connectivity index (χ3v) is 3.04. The third kappa shape index (κ3) is 4.77. The Balaban J connectivity index is 2.35. The number of ether oxygens (including phenoxy) is 1. The number of thiophene rings is 1. The van der Waals surface area contributed by atoms with Gasteiger partial charge in [-0.2, -0.15) is 0 Å². The predicted molar refractivity (Wildman–Crippen MR) is 66.6 cm³/mol. The summed E-state index contributed by atoms with van der Waals surface area (Å²) in [7, 11) is 0. The van der Waals surface area contributed by atoms with Gasteiger partial charge in [0.2, 0.25) is 5.91 Å². The second-order valence-corrected chi connectivity index (χ2v) is 5.68. The second kappa shape index (κ2) is 5.46. The zero-order valence-electron chi connectivity index (χ0n) is 10.2. The van der Waals surface area contributed by atoms with Gasteiger partial charge >= 0.3 is 0 Å². The lowest BCUT2D eigenvalue weighted by atomic mass is 10.2. The molecule has 0 aliphatic heterocycles. The van der Waals surface area contributed by atoms with Crippen molar-refractivity contribution in [3.05, 3.63) is 22.4 Å². The maximum absolute atomic E-state index is 11.6. The summed E-state index contributed by atoms with van der Waals surface area (Å²) < 4.78 is 5.40. The van der Waals surface area contributed by atoms with Crippen LogP contribution in [-0.2, 0) is 9.53 Å². The highest BCUT2D eigenvalue weighted by Gasteiger charge is 2.15. The lowest BCUT2D eigenvalue weighted by Crippen LogP contribution is -2.33. The molecule has 0 aliphatic carbocycles. The zero-order valence-corrected chi connectivity index (χ0v) is 11.1. The summed E-state index contributed by atoms with van der Waals surface area (Å²) in [5.41, 5.74) is -0.274. The van der Waals surface area contributed by atoms with Crippen molar-refractivity contribution in [1.82, 2.24) is 5.32 Å². The lowest BCUT2D eigenvalue weighted by Gasteiger charge is -2.20. The fourth-order valence-electron chi connectivity index (χ4n) is 1.17. The molecule has 0 unspecified atom stereocenters. The van der Waals surface area contributed by atoms with E-state index in [0.717, 1.165) is 4.88 Å². The molecule has 90 valence electrons. The maximum Gasteiger partial charge on any atom is 0.246 e. The number of carbonyl (C=O) groups excluding carboxylic acids is 1. The van der Waals surface area contributed by atoms with Gasteiger partial charge in [0, 0.05) is 4.88 Å². The van der Waals surface area contributed by atoms with Crippen LogP contribution in [0, 0.1) is 0 Å². The molecule has 0 fully saturated rings. The maximum atomic E-state index is 11.6. The van der Waals surface area contributed by atoms with E-state index in [1.165, 1.54) is 0 Å². The van der Waals surface area contributed by atoms with Gasteiger partial charge in [-0.1, -0.05) is 6.07 Å². The summed E-state index contributed by atoms with van der Waals surface area (Å²) in [6.45, 7) is 7.88. The van der Waals surface area contributed by atoms with E-state index in [1.54, 1.807) is 11.3 Å². The van der Waals surface area contributed by atoms with Crippen molar-refractivity contribution in [2.75, 3.05) is 6.61 Å². The molecule has 0 aromatic carbocycles. The third-order valence-electron chi connectivity index (χ3n) is 1.98. The number of nitrogens with one attached hydrogen (secondary N) is 1. The Hall–Kier alpha value is -0.870. The minimum Gasteiger partial charge on any atom is -0.366 e. The van der Waals surface area contributed by atoms with Crippen molar-refractivity contribution in [3.63, 3.8) is 0 Å². The molecular formula is C12H19NO2S. The fraction of sp³-hybridized carbons (Fsp3) is 0.583. The minimum absolute atomic E-state index is 0.0519. The smallest absolute Gasteiger partial charge is 0.246 e. The molecule has 1 N–H and O–H groups in total. The molecule has 0 radical (unpaired) electrons. The number of rotatable bonds is 4. The van der Waals surface area contributed by atoms with Crippen LogP contribution in [0.5, 0.6) is 0 Å². The van der Waals surface area contributed by atoms with Crippen LogP contribution in [0.2, 0.25) is 0 Å². The Morgan fingerprint density at radius 1 is 1.56 bits per heavy atom. The van der Waals surface area contributed by atoms with Gasteiger partial charge in [0.25, 0.3) is 0 Å². The first kappa shape index (κ1) is 13.2. The molecule has 1 aromatic rings. The van der Waals surface area contributed by atoms with Crippen LogP contribution in [0.3, 0.4) is 0 Å². The summed E-state index contributed by atoms with van der Waals surface area (Å²) in [6.07, 6.45) is 0. The van der Waals surface area contributed by atoms with Gasteiger partial charge in [0.05, 0.1) is 11.6 Å². The summed E-state index contributed by atoms with van der Waals surface area (Å²) in [5, 5.41) is 4.90. The SMILES string of the molecule is C[C@@H](NC(=O)COC(C)(C)C)c1cccs1. The molecule has 1 amide bonds. The molecule has 4 heteroatoms. The van der Waals surface area contributed by atoms with Crippen LogP contribution in [0.25, 0.3) is 0 Å². The first-order valence-corrected chi connectivity index (χ1v) is 6.23. The van der Waals surface area contributed by atoms with Gasteiger partial charge in [-0.3, -0.25) is 4.79 Å². The van der Waals surface area contributed by atoms with Gasteiger partial charge in [0.15, 0.2) is 0 Å². The molecule has 0 saturated carbocycles. The average Bonchev–Trinajstić information content (AvgIpc) is 2.66. The minimum atomic E-state index is -0.274. The summed E-state index contributed by atoms with van der Waals surface area (Å²) in [5.74, 6) is -0.0733. The molecule has 0 aliphatic rings. The van der Waals surface area contributed by atoms with Crippen LogP contribution in [0.1, 0.15) is 38.6 Å². The van der Waals surface area contributed by atoms with Crippen LogP contribution in [0.15, 0.2) is 17.5 Å². The predicted octanol–water partition coefficient (Wildman–Crippen LogP) is 2.74. The molecular weight excluding hydrogens is 222 g/mol. The van der Waals surface area contributed by atoms with E-state index >= 15 is 0 Å². The van der Waals surface area contributed by atoms with Crippen LogP contribution in [-0.4, -0.2) is 18.1 Å². The quantitative estimate of drug-likeness (QED) is 0.880. The standard InChI is InChI=1S/C12H19NO2S/c1-9(10-6-5-7-16-10)13-11(14)8-15-12(2,3)4/h5-7,9H,8H2,1-4H3,(H,13,14)/t9-/m1/s1. The molecule has 1 heterocycles. The summed E-state index contributed by atoms with van der Waals surface area (Å²) in [6, 6.07) is 4.05. The number of amides is 1. The monoisotopic (exact) mass is 241 g/mol. The number of hydrogen-bond acceptors (Lipinski definition) is 3. The van der Waals surface area contributed by atoms with E-state index in [-0.39, 0.29) is 24.2 Å². The Bertz CT molecular complexity index is 327. The summed E-state index contributed by atoms with van der Waals surface area (Å²) >= 11 is 1.64. The van der Waals surface area contributed by atoms with E-state index < -0.39 is 0 Å². The Morgan fingerprint density at radius 2 is 2.25 bits per heavy atom. The van der Waals surface area contributed by atoms with Crippen molar-refractivity contribution in [2.45, 2.75) is 39.3 Å². The van der Waals surface area contributed by atoms with Crippen LogP contribution >= 0.6 is 11.3 Å². The van der Waals surface area contributed by atoms with Crippen molar-refractivity contribution in [3.8, 4) is 0 Å². The highest BCUT2D eigenvalue weighted by Crippen LogP contribution is 2.17. The van der Waals surface area contributed by atoms with Crippen LogP contribution < -0.4 is 5.32 Å². The molecule has 1 aromatic heterocycles.